The van der Waals surface area contributed by atoms with Gasteiger partial charge in [0.2, 0.25) is 0 Å². The Morgan fingerprint density at radius 2 is 1.70 bits per heavy atom. The number of nitrogens with zero attached hydrogens (tertiary/aromatic N) is 2. The number of morpholine rings is 1. The first-order valence-electron chi connectivity index (χ1n) is 9.52. The first-order valence-corrected chi connectivity index (χ1v) is 9.52. The zero-order valence-corrected chi connectivity index (χ0v) is 19.0. The molecule has 1 saturated heterocycles. The number of rotatable bonds is 6. The number of hydrogen-bond donors (Lipinski definition) is 2. The summed E-state index contributed by atoms with van der Waals surface area (Å²) in [4.78, 5) is 6.42. The van der Waals surface area contributed by atoms with Gasteiger partial charge in [-0.15, -0.1) is 24.0 Å². The van der Waals surface area contributed by atoms with Crippen LogP contribution in [-0.2, 0) is 11.3 Å². The molecule has 0 radical (unpaired) electrons. The number of aliphatic imine (C=N–C) groups is 1. The third-order valence-electron chi connectivity index (χ3n) is 4.88. The highest BCUT2D eigenvalue weighted by Gasteiger charge is 2.23. The van der Waals surface area contributed by atoms with Gasteiger partial charge in [0, 0.05) is 38.8 Å². The SMILES string of the molecule is CN=C(NCc1cc(F)ccc1F)NCC(c1ccc(F)cc1)N1CCOCC1.I. The van der Waals surface area contributed by atoms with Crippen LogP contribution < -0.4 is 10.6 Å². The molecule has 0 aromatic heterocycles. The standard InChI is InChI=1S/C21H25F3N4O.HI/c1-25-21(26-13-16-12-18(23)6-7-19(16)24)27-14-20(28-8-10-29-11-9-28)15-2-4-17(22)5-3-15;/h2-7,12,20H,8-11,13-14H2,1H3,(H2,25,26,27);1H. The smallest absolute Gasteiger partial charge is 0.191 e. The van der Waals surface area contributed by atoms with Gasteiger partial charge in [0.05, 0.1) is 19.3 Å². The van der Waals surface area contributed by atoms with Crippen molar-refractivity contribution in [3.8, 4) is 0 Å². The minimum absolute atomic E-state index is 0. The van der Waals surface area contributed by atoms with E-state index in [0.29, 0.717) is 25.7 Å². The summed E-state index contributed by atoms with van der Waals surface area (Å²) >= 11 is 0. The molecule has 0 saturated carbocycles. The molecular formula is C21H26F3IN4O. The van der Waals surface area contributed by atoms with Crippen LogP contribution in [0.1, 0.15) is 17.2 Å². The second-order valence-corrected chi connectivity index (χ2v) is 6.76. The van der Waals surface area contributed by atoms with Crippen LogP contribution >= 0.6 is 24.0 Å². The average molecular weight is 534 g/mol. The summed E-state index contributed by atoms with van der Waals surface area (Å²) in [6.07, 6.45) is 0. The van der Waals surface area contributed by atoms with Gasteiger partial charge in [-0.05, 0) is 35.9 Å². The maximum atomic E-state index is 13.8. The first-order chi connectivity index (χ1) is 14.1. The maximum absolute atomic E-state index is 13.8. The maximum Gasteiger partial charge on any atom is 0.191 e. The Morgan fingerprint density at radius 3 is 2.37 bits per heavy atom. The van der Waals surface area contributed by atoms with Crippen LogP contribution in [0.5, 0.6) is 0 Å². The number of halogens is 4. The van der Waals surface area contributed by atoms with Gasteiger partial charge in [0.15, 0.2) is 5.96 Å². The number of benzene rings is 2. The van der Waals surface area contributed by atoms with Gasteiger partial charge in [0.25, 0.3) is 0 Å². The second-order valence-electron chi connectivity index (χ2n) is 6.76. The summed E-state index contributed by atoms with van der Waals surface area (Å²) in [6.45, 7) is 3.43. The first kappa shape index (κ1) is 24.4. The summed E-state index contributed by atoms with van der Waals surface area (Å²) in [5.41, 5.74) is 1.20. The highest BCUT2D eigenvalue weighted by atomic mass is 127. The molecule has 1 atom stereocenters. The van der Waals surface area contributed by atoms with Crippen molar-refractivity contribution in [1.29, 1.82) is 0 Å². The molecule has 2 aromatic carbocycles. The van der Waals surface area contributed by atoms with Crippen LogP contribution in [0.4, 0.5) is 13.2 Å². The lowest BCUT2D eigenvalue weighted by Crippen LogP contribution is -2.46. The molecule has 1 fully saturated rings. The molecule has 164 valence electrons. The van der Waals surface area contributed by atoms with Crippen LogP contribution in [0.15, 0.2) is 47.5 Å². The van der Waals surface area contributed by atoms with E-state index < -0.39 is 11.6 Å². The second kappa shape index (κ2) is 12.1. The fourth-order valence-corrected chi connectivity index (χ4v) is 3.30. The van der Waals surface area contributed by atoms with Gasteiger partial charge in [-0.3, -0.25) is 9.89 Å². The van der Waals surface area contributed by atoms with E-state index in [9.17, 15) is 13.2 Å². The predicted octanol–water partition coefficient (Wildman–Crippen LogP) is 3.46. The number of ether oxygens (including phenoxy) is 1. The molecule has 1 unspecified atom stereocenters. The fraction of sp³-hybridized carbons (Fsp3) is 0.381. The number of nitrogens with one attached hydrogen (secondary N) is 2. The third kappa shape index (κ3) is 6.85. The van der Waals surface area contributed by atoms with Crippen molar-refractivity contribution in [2.24, 2.45) is 4.99 Å². The van der Waals surface area contributed by atoms with E-state index in [2.05, 4.69) is 20.5 Å². The summed E-state index contributed by atoms with van der Waals surface area (Å²) in [5.74, 6) is -0.784. The Balaban J connectivity index is 0.00000320. The molecule has 5 nitrogen and oxygen atoms in total. The highest BCUT2D eigenvalue weighted by Crippen LogP contribution is 2.21. The molecule has 1 aliphatic rings. The average Bonchev–Trinajstić information content (AvgIpc) is 2.74. The van der Waals surface area contributed by atoms with Gasteiger partial charge in [-0.1, -0.05) is 12.1 Å². The molecule has 1 aliphatic heterocycles. The van der Waals surface area contributed by atoms with Gasteiger partial charge in [-0.2, -0.15) is 0 Å². The molecular weight excluding hydrogens is 508 g/mol. The van der Waals surface area contributed by atoms with Crippen LogP contribution in [0.3, 0.4) is 0 Å². The topological polar surface area (TPSA) is 48.9 Å². The molecule has 2 N–H and O–H groups in total. The molecule has 0 bridgehead atoms. The predicted molar refractivity (Wildman–Crippen MR) is 122 cm³/mol. The minimum Gasteiger partial charge on any atom is -0.379 e. The Bertz CT molecular complexity index is 830. The lowest BCUT2D eigenvalue weighted by molar-refractivity contribution is 0.0170. The normalized spacial score (nSPS) is 15.9. The molecule has 0 amide bonds. The summed E-state index contributed by atoms with van der Waals surface area (Å²) in [7, 11) is 1.61. The molecule has 2 aromatic rings. The van der Waals surface area contributed by atoms with Gasteiger partial charge >= 0.3 is 0 Å². The van der Waals surface area contributed by atoms with Crippen LogP contribution in [0, 0.1) is 17.5 Å². The van der Waals surface area contributed by atoms with Gasteiger partial charge < -0.3 is 15.4 Å². The van der Waals surface area contributed by atoms with Crippen molar-refractivity contribution >= 4 is 29.9 Å². The fourth-order valence-electron chi connectivity index (χ4n) is 3.30. The van der Waals surface area contributed by atoms with Gasteiger partial charge in [-0.25, -0.2) is 13.2 Å². The third-order valence-corrected chi connectivity index (χ3v) is 4.88. The van der Waals surface area contributed by atoms with E-state index in [1.807, 2.05) is 0 Å². The molecule has 30 heavy (non-hydrogen) atoms. The molecule has 3 rings (SSSR count). The van der Waals surface area contributed by atoms with E-state index in [4.69, 9.17) is 4.74 Å². The van der Waals surface area contributed by atoms with E-state index in [1.54, 1.807) is 19.2 Å². The zero-order valence-electron chi connectivity index (χ0n) is 16.7. The van der Waals surface area contributed by atoms with Crippen LogP contribution in [0.25, 0.3) is 0 Å². The van der Waals surface area contributed by atoms with E-state index in [0.717, 1.165) is 36.9 Å². The summed E-state index contributed by atoms with van der Waals surface area (Å²) in [5, 5.41) is 6.23. The monoisotopic (exact) mass is 534 g/mol. The van der Waals surface area contributed by atoms with E-state index >= 15 is 0 Å². The Labute approximate surface area is 191 Å². The molecule has 9 heteroatoms. The van der Waals surface area contributed by atoms with E-state index in [1.165, 1.54) is 12.1 Å². The molecule has 0 aliphatic carbocycles. The van der Waals surface area contributed by atoms with Crippen molar-refractivity contribution < 1.29 is 17.9 Å². The number of hydrogen-bond acceptors (Lipinski definition) is 3. The highest BCUT2D eigenvalue weighted by molar-refractivity contribution is 14.0. The van der Waals surface area contributed by atoms with Gasteiger partial charge in [0.1, 0.15) is 17.5 Å². The Kier molecular flexibility index (Phi) is 9.86. The van der Waals surface area contributed by atoms with Crippen molar-refractivity contribution in [3.05, 3.63) is 71.0 Å². The van der Waals surface area contributed by atoms with Crippen molar-refractivity contribution in [2.75, 3.05) is 39.9 Å². The zero-order chi connectivity index (χ0) is 20.6. The lowest BCUT2D eigenvalue weighted by atomic mass is 10.0. The quantitative estimate of drug-likeness (QED) is 0.339. The molecule has 0 spiro atoms. The Morgan fingerprint density at radius 1 is 1.03 bits per heavy atom. The lowest BCUT2D eigenvalue weighted by Gasteiger charge is -2.35. The summed E-state index contributed by atoms with van der Waals surface area (Å²) < 4.78 is 45.9. The summed E-state index contributed by atoms with van der Waals surface area (Å²) in [6, 6.07) is 9.78. The largest absolute Gasteiger partial charge is 0.379 e. The van der Waals surface area contributed by atoms with Crippen molar-refractivity contribution in [1.82, 2.24) is 15.5 Å². The molecule has 1 heterocycles. The van der Waals surface area contributed by atoms with Crippen LogP contribution in [-0.4, -0.2) is 50.8 Å². The minimum atomic E-state index is -0.491. The Hall–Kier alpha value is -1.85. The number of guanidine groups is 1. The van der Waals surface area contributed by atoms with E-state index in [-0.39, 0.29) is 47.9 Å². The van der Waals surface area contributed by atoms with Crippen molar-refractivity contribution in [3.63, 3.8) is 0 Å². The van der Waals surface area contributed by atoms with Crippen LogP contribution in [0.2, 0.25) is 0 Å². The van der Waals surface area contributed by atoms with Crippen molar-refractivity contribution in [2.45, 2.75) is 12.6 Å².